The normalized spacial score (nSPS) is 10.6. The van der Waals surface area contributed by atoms with Crippen molar-refractivity contribution in [2.75, 3.05) is 13.2 Å². The summed E-state index contributed by atoms with van der Waals surface area (Å²) in [5.74, 6) is -0.265. The summed E-state index contributed by atoms with van der Waals surface area (Å²) >= 11 is 0. The van der Waals surface area contributed by atoms with E-state index < -0.39 is 0 Å². The van der Waals surface area contributed by atoms with Gasteiger partial charge < -0.3 is 15.0 Å². The minimum Gasteiger partial charge on any atom is -0.395 e. The average Bonchev–Trinajstić information content (AvgIpc) is 2.89. The Kier molecular flexibility index (Phi) is 4.53. The fourth-order valence-corrected chi connectivity index (χ4v) is 2.10. The Morgan fingerprint density at radius 2 is 2.05 bits per heavy atom. The van der Waals surface area contributed by atoms with Crippen molar-refractivity contribution >= 4 is 5.91 Å². The van der Waals surface area contributed by atoms with E-state index in [2.05, 4.69) is 36.3 Å². The molecule has 0 spiro atoms. The van der Waals surface area contributed by atoms with Crippen LogP contribution in [0.4, 0.5) is 0 Å². The second-order valence-corrected chi connectivity index (χ2v) is 4.78. The van der Waals surface area contributed by atoms with Gasteiger partial charge in [0.05, 0.1) is 12.9 Å². The number of imidazole rings is 1. The smallest absolute Gasteiger partial charge is 0.271 e. The van der Waals surface area contributed by atoms with E-state index in [9.17, 15) is 4.79 Å². The highest BCUT2D eigenvalue weighted by atomic mass is 16.3. The number of hydrogen-bond donors (Lipinski definition) is 2. The van der Waals surface area contributed by atoms with Gasteiger partial charge in [-0.05, 0) is 30.5 Å². The molecule has 0 atom stereocenters. The third kappa shape index (κ3) is 3.24. The molecule has 0 bridgehead atoms. The van der Waals surface area contributed by atoms with Crippen LogP contribution in [0.3, 0.4) is 0 Å². The van der Waals surface area contributed by atoms with E-state index in [1.807, 2.05) is 10.6 Å². The monoisotopic (exact) mass is 273 g/mol. The van der Waals surface area contributed by atoms with Crippen LogP contribution in [-0.2, 0) is 6.54 Å². The van der Waals surface area contributed by atoms with E-state index in [-0.39, 0.29) is 19.1 Å². The number of amides is 1. The first kappa shape index (κ1) is 14.3. The maximum atomic E-state index is 11.7. The number of hydrogen-bond acceptors (Lipinski definition) is 3. The van der Waals surface area contributed by atoms with E-state index >= 15 is 0 Å². The second kappa shape index (κ2) is 6.34. The molecule has 0 unspecified atom stereocenters. The van der Waals surface area contributed by atoms with Gasteiger partial charge in [0.25, 0.3) is 5.91 Å². The molecule has 1 heterocycles. The van der Waals surface area contributed by atoms with Crippen LogP contribution in [0.2, 0.25) is 0 Å². The third-order valence-corrected chi connectivity index (χ3v) is 3.25. The molecule has 1 aromatic carbocycles. The summed E-state index contributed by atoms with van der Waals surface area (Å²) < 4.78 is 1.89. The second-order valence-electron chi connectivity index (χ2n) is 4.78. The molecule has 0 fully saturated rings. The van der Waals surface area contributed by atoms with Gasteiger partial charge in [0, 0.05) is 19.3 Å². The van der Waals surface area contributed by atoms with Gasteiger partial charge in [0.15, 0.2) is 0 Å². The molecule has 1 amide bonds. The maximum Gasteiger partial charge on any atom is 0.271 e. The fraction of sp³-hybridized carbons (Fsp3) is 0.333. The summed E-state index contributed by atoms with van der Waals surface area (Å²) in [6.45, 7) is 5.01. The highest BCUT2D eigenvalue weighted by Crippen LogP contribution is 2.15. The molecule has 0 saturated carbocycles. The molecule has 2 rings (SSSR count). The van der Waals surface area contributed by atoms with Gasteiger partial charge in [-0.2, -0.15) is 0 Å². The van der Waals surface area contributed by atoms with Gasteiger partial charge in [-0.25, -0.2) is 4.98 Å². The summed E-state index contributed by atoms with van der Waals surface area (Å²) in [7, 11) is 0. The van der Waals surface area contributed by atoms with Crippen LogP contribution >= 0.6 is 0 Å². The number of carbonyl (C=O) groups excluding carboxylic acids is 1. The highest BCUT2D eigenvalue weighted by molar-refractivity contribution is 5.91. The Morgan fingerprint density at radius 1 is 1.35 bits per heavy atom. The molecule has 106 valence electrons. The Labute approximate surface area is 118 Å². The zero-order chi connectivity index (χ0) is 14.5. The topological polar surface area (TPSA) is 67.2 Å². The van der Waals surface area contributed by atoms with Gasteiger partial charge >= 0.3 is 0 Å². The van der Waals surface area contributed by atoms with Crippen LogP contribution in [-0.4, -0.2) is 33.7 Å². The van der Waals surface area contributed by atoms with E-state index in [1.54, 1.807) is 12.5 Å². The third-order valence-electron chi connectivity index (χ3n) is 3.25. The Bertz CT molecular complexity index is 585. The molecular weight excluding hydrogens is 254 g/mol. The van der Waals surface area contributed by atoms with E-state index in [4.69, 9.17) is 5.11 Å². The van der Waals surface area contributed by atoms with Crippen molar-refractivity contribution in [1.82, 2.24) is 14.9 Å². The van der Waals surface area contributed by atoms with Crippen LogP contribution in [0.1, 0.15) is 27.2 Å². The zero-order valence-corrected chi connectivity index (χ0v) is 11.8. The molecule has 1 aromatic heterocycles. The van der Waals surface area contributed by atoms with E-state index in [0.717, 1.165) is 0 Å². The summed E-state index contributed by atoms with van der Waals surface area (Å²) in [5, 5.41) is 11.3. The number of aromatic nitrogens is 2. The van der Waals surface area contributed by atoms with Crippen molar-refractivity contribution < 1.29 is 9.90 Å². The zero-order valence-electron chi connectivity index (χ0n) is 11.8. The molecule has 5 heteroatoms. The van der Waals surface area contributed by atoms with Gasteiger partial charge in [-0.15, -0.1) is 0 Å². The predicted molar refractivity (Wildman–Crippen MR) is 76.7 cm³/mol. The molecule has 2 aromatic rings. The molecule has 2 N–H and O–H groups in total. The first-order valence-corrected chi connectivity index (χ1v) is 6.57. The van der Waals surface area contributed by atoms with E-state index in [0.29, 0.717) is 12.2 Å². The lowest BCUT2D eigenvalue weighted by molar-refractivity contribution is 0.0940. The summed E-state index contributed by atoms with van der Waals surface area (Å²) in [6, 6.07) is 6.19. The van der Waals surface area contributed by atoms with Crippen molar-refractivity contribution in [3.63, 3.8) is 0 Å². The molecular formula is C15H19N3O2. The van der Waals surface area contributed by atoms with Crippen molar-refractivity contribution in [2.24, 2.45) is 0 Å². The number of aryl methyl sites for hydroxylation is 2. The molecule has 0 radical (unpaired) electrons. The molecule has 0 aliphatic carbocycles. The minimum absolute atomic E-state index is 0.0746. The molecule has 0 aliphatic rings. The first-order chi connectivity index (χ1) is 9.61. The summed E-state index contributed by atoms with van der Waals surface area (Å²) in [4.78, 5) is 15.8. The standard InChI is InChI=1S/C15H19N3O2/c1-11-4-3-5-12(2)13(11)8-18-9-14(17-10-18)15(20)16-6-7-19/h3-5,9-10,19H,6-8H2,1-2H3,(H,16,20). The van der Waals surface area contributed by atoms with Crippen LogP contribution in [0.25, 0.3) is 0 Å². The number of aliphatic hydroxyl groups excluding tert-OH is 1. The lowest BCUT2D eigenvalue weighted by Gasteiger charge is -2.09. The predicted octanol–water partition coefficient (Wildman–Crippen LogP) is 1.27. The minimum atomic E-state index is -0.265. The molecule has 5 nitrogen and oxygen atoms in total. The lowest BCUT2D eigenvalue weighted by Crippen LogP contribution is -2.26. The number of rotatable bonds is 5. The number of aliphatic hydroxyl groups is 1. The quantitative estimate of drug-likeness (QED) is 0.862. The summed E-state index contributed by atoms with van der Waals surface area (Å²) in [6.07, 6.45) is 3.37. The first-order valence-electron chi connectivity index (χ1n) is 6.57. The largest absolute Gasteiger partial charge is 0.395 e. The van der Waals surface area contributed by atoms with Crippen LogP contribution in [0.15, 0.2) is 30.7 Å². The highest BCUT2D eigenvalue weighted by Gasteiger charge is 2.09. The van der Waals surface area contributed by atoms with Crippen LogP contribution in [0.5, 0.6) is 0 Å². The SMILES string of the molecule is Cc1cccc(C)c1Cn1cnc(C(=O)NCCO)c1. The van der Waals surface area contributed by atoms with E-state index in [1.165, 1.54) is 16.7 Å². The number of nitrogens with zero attached hydrogens (tertiary/aromatic N) is 2. The van der Waals surface area contributed by atoms with Crippen LogP contribution in [0, 0.1) is 13.8 Å². The average molecular weight is 273 g/mol. The molecule has 20 heavy (non-hydrogen) atoms. The molecule has 0 saturated heterocycles. The van der Waals surface area contributed by atoms with Gasteiger partial charge in [0.2, 0.25) is 0 Å². The van der Waals surface area contributed by atoms with Crippen molar-refractivity contribution in [2.45, 2.75) is 20.4 Å². The van der Waals surface area contributed by atoms with Crippen molar-refractivity contribution in [1.29, 1.82) is 0 Å². The fourth-order valence-electron chi connectivity index (χ4n) is 2.10. The number of nitrogens with one attached hydrogen (secondary N) is 1. The molecule has 0 aliphatic heterocycles. The summed E-state index contributed by atoms with van der Waals surface area (Å²) in [5.41, 5.74) is 4.06. The van der Waals surface area contributed by atoms with Gasteiger partial charge in [-0.1, -0.05) is 18.2 Å². The van der Waals surface area contributed by atoms with Crippen molar-refractivity contribution in [3.05, 3.63) is 53.1 Å². The Morgan fingerprint density at radius 3 is 2.70 bits per heavy atom. The Balaban J connectivity index is 2.12. The van der Waals surface area contributed by atoms with Crippen molar-refractivity contribution in [3.8, 4) is 0 Å². The number of carbonyl (C=O) groups is 1. The van der Waals surface area contributed by atoms with Crippen LogP contribution < -0.4 is 5.32 Å². The van der Waals surface area contributed by atoms with Gasteiger partial charge in [0.1, 0.15) is 5.69 Å². The lowest BCUT2D eigenvalue weighted by atomic mass is 10.0. The number of benzene rings is 1. The Hall–Kier alpha value is -2.14. The van der Waals surface area contributed by atoms with Gasteiger partial charge in [-0.3, -0.25) is 4.79 Å². The maximum absolute atomic E-state index is 11.7.